The molecule has 0 atom stereocenters. The van der Waals surface area contributed by atoms with Gasteiger partial charge in [0, 0.05) is 5.56 Å². The summed E-state index contributed by atoms with van der Waals surface area (Å²) in [6.45, 7) is 0. The number of nitro benzene ring substituents is 1. The van der Waals surface area contributed by atoms with Crippen LogP contribution in [-0.2, 0) is 0 Å². The number of halogens is 1. The lowest BCUT2D eigenvalue weighted by Crippen LogP contribution is -2.06. The summed E-state index contributed by atoms with van der Waals surface area (Å²) in [5, 5.41) is 10.8. The molecule has 0 aliphatic heterocycles. The van der Waals surface area contributed by atoms with Gasteiger partial charge in [0.15, 0.2) is 5.78 Å². The van der Waals surface area contributed by atoms with E-state index in [0.29, 0.717) is 0 Å². The molecule has 0 fully saturated rings. The van der Waals surface area contributed by atoms with Crippen LogP contribution in [0.2, 0.25) is 0 Å². The van der Waals surface area contributed by atoms with Crippen molar-refractivity contribution in [3.8, 4) is 0 Å². The van der Waals surface area contributed by atoms with Crippen LogP contribution in [0.25, 0.3) is 0 Å². The van der Waals surface area contributed by atoms with E-state index in [2.05, 4.69) is 0 Å². The third kappa shape index (κ3) is 2.10. The van der Waals surface area contributed by atoms with E-state index >= 15 is 0 Å². The van der Waals surface area contributed by atoms with Gasteiger partial charge in [0.25, 0.3) is 0 Å². The van der Waals surface area contributed by atoms with E-state index in [1.165, 1.54) is 24.3 Å². The van der Waals surface area contributed by atoms with Crippen LogP contribution in [0.3, 0.4) is 0 Å². The molecule has 2 aromatic carbocycles. The second-order valence-corrected chi connectivity index (χ2v) is 3.59. The largest absolute Gasteiger partial charge is 0.315 e. The highest BCUT2D eigenvalue weighted by molar-refractivity contribution is 6.11. The van der Waals surface area contributed by atoms with Gasteiger partial charge in [0.1, 0.15) is 5.56 Å². The maximum atomic E-state index is 13.4. The van der Waals surface area contributed by atoms with E-state index in [1.54, 1.807) is 18.2 Å². The van der Waals surface area contributed by atoms with Crippen molar-refractivity contribution in [3.05, 3.63) is 75.6 Å². The van der Waals surface area contributed by atoms with Crippen LogP contribution in [0.5, 0.6) is 0 Å². The van der Waals surface area contributed by atoms with Gasteiger partial charge in [-0.2, -0.15) is 4.39 Å². The van der Waals surface area contributed by atoms with Crippen molar-refractivity contribution in [2.45, 2.75) is 0 Å². The van der Waals surface area contributed by atoms with Gasteiger partial charge in [-0.3, -0.25) is 14.9 Å². The average molecular weight is 245 g/mol. The molecule has 0 bridgehead atoms. The predicted octanol–water partition coefficient (Wildman–Crippen LogP) is 2.96. The maximum absolute atomic E-state index is 13.4. The van der Waals surface area contributed by atoms with Crippen molar-refractivity contribution in [3.63, 3.8) is 0 Å². The van der Waals surface area contributed by atoms with Crippen LogP contribution in [0.15, 0.2) is 48.5 Å². The summed E-state index contributed by atoms with van der Waals surface area (Å²) in [5.74, 6) is -1.58. The Bertz CT molecular complexity index is 611. The highest BCUT2D eigenvalue weighted by Gasteiger charge is 2.25. The Morgan fingerprint density at radius 3 is 2.33 bits per heavy atom. The number of rotatable bonds is 3. The standard InChI is InChI=1S/C13H8FNO3/c14-11-8-4-7-10(12(11)15(17)18)13(16)9-5-2-1-3-6-9/h1-8H. The minimum Gasteiger partial charge on any atom is -0.288 e. The molecule has 90 valence electrons. The molecule has 0 unspecified atom stereocenters. The van der Waals surface area contributed by atoms with E-state index < -0.39 is 22.2 Å². The summed E-state index contributed by atoms with van der Waals surface area (Å²) in [6, 6.07) is 11.5. The zero-order valence-corrected chi connectivity index (χ0v) is 9.17. The van der Waals surface area contributed by atoms with Crippen molar-refractivity contribution in [2.75, 3.05) is 0 Å². The Hall–Kier alpha value is -2.56. The lowest BCUT2D eigenvalue weighted by Gasteiger charge is -2.02. The zero-order chi connectivity index (χ0) is 13.1. The SMILES string of the molecule is O=C(c1ccccc1)c1cccc(F)c1[N+](=O)[O-]. The normalized spacial score (nSPS) is 10.1. The number of hydrogen-bond donors (Lipinski definition) is 0. The Kier molecular flexibility index (Phi) is 3.14. The minimum atomic E-state index is -1.01. The lowest BCUT2D eigenvalue weighted by atomic mass is 10.0. The summed E-state index contributed by atoms with van der Waals surface area (Å²) in [7, 11) is 0. The van der Waals surface area contributed by atoms with E-state index in [0.717, 1.165) is 6.07 Å². The number of ketones is 1. The maximum Gasteiger partial charge on any atom is 0.315 e. The van der Waals surface area contributed by atoms with Gasteiger partial charge in [0.05, 0.1) is 4.92 Å². The predicted molar refractivity (Wildman–Crippen MR) is 62.9 cm³/mol. The third-order valence-electron chi connectivity index (χ3n) is 2.45. The van der Waals surface area contributed by atoms with Crippen LogP contribution in [0, 0.1) is 15.9 Å². The summed E-state index contributed by atoms with van der Waals surface area (Å²) >= 11 is 0. The van der Waals surface area contributed by atoms with Crippen LogP contribution in [0.4, 0.5) is 10.1 Å². The van der Waals surface area contributed by atoms with Crippen LogP contribution in [0.1, 0.15) is 15.9 Å². The molecular formula is C13H8FNO3. The fraction of sp³-hybridized carbons (Fsp3) is 0. The molecule has 0 saturated carbocycles. The molecule has 0 aliphatic carbocycles. The van der Waals surface area contributed by atoms with Crippen LogP contribution in [-0.4, -0.2) is 10.7 Å². The molecule has 0 N–H and O–H groups in total. The van der Waals surface area contributed by atoms with Gasteiger partial charge in [-0.05, 0) is 12.1 Å². The molecule has 5 heteroatoms. The second kappa shape index (κ2) is 4.75. The quantitative estimate of drug-likeness (QED) is 0.474. The first-order valence-electron chi connectivity index (χ1n) is 5.14. The first kappa shape index (κ1) is 11.9. The highest BCUT2D eigenvalue weighted by Crippen LogP contribution is 2.24. The van der Waals surface area contributed by atoms with Crippen molar-refractivity contribution in [1.82, 2.24) is 0 Å². The topological polar surface area (TPSA) is 60.2 Å². The molecule has 0 radical (unpaired) electrons. The number of para-hydroxylation sites is 1. The second-order valence-electron chi connectivity index (χ2n) is 3.59. The molecule has 0 aromatic heterocycles. The van der Waals surface area contributed by atoms with Crippen LogP contribution >= 0.6 is 0 Å². The molecule has 2 rings (SSSR count). The van der Waals surface area contributed by atoms with Gasteiger partial charge in [0.2, 0.25) is 5.82 Å². The summed E-state index contributed by atoms with van der Waals surface area (Å²) in [6.07, 6.45) is 0. The number of nitrogens with zero attached hydrogens (tertiary/aromatic N) is 1. The molecule has 18 heavy (non-hydrogen) atoms. The molecule has 0 amide bonds. The van der Waals surface area contributed by atoms with E-state index in [4.69, 9.17) is 0 Å². The smallest absolute Gasteiger partial charge is 0.288 e. The summed E-state index contributed by atoms with van der Waals surface area (Å²) in [4.78, 5) is 22.0. The zero-order valence-electron chi connectivity index (χ0n) is 9.17. The summed E-state index contributed by atoms with van der Waals surface area (Å²) < 4.78 is 13.4. The number of carbonyl (C=O) groups is 1. The minimum absolute atomic E-state index is 0.244. The van der Waals surface area contributed by atoms with Crippen molar-refractivity contribution in [1.29, 1.82) is 0 Å². The average Bonchev–Trinajstić information content (AvgIpc) is 2.38. The molecular weight excluding hydrogens is 237 g/mol. The fourth-order valence-electron chi connectivity index (χ4n) is 1.63. The van der Waals surface area contributed by atoms with Gasteiger partial charge in [-0.25, -0.2) is 0 Å². The van der Waals surface area contributed by atoms with Gasteiger partial charge < -0.3 is 0 Å². The summed E-state index contributed by atoms with van der Waals surface area (Å²) in [5.41, 5.74) is -0.747. The van der Waals surface area contributed by atoms with Gasteiger partial charge in [-0.1, -0.05) is 36.4 Å². The molecule has 4 nitrogen and oxygen atoms in total. The first-order valence-corrected chi connectivity index (χ1v) is 5.14. The van der Waals surface area contributed by atoms with E-state index in [9.17, 15) is 19.3 Å². The van der Waals surface area contributed by atoms with Crippen LogP contribution < -0.4 is 0 Å². The number of benzene rings is 2. The van der Waals surface area contributed by atoms with E-state index in [1.807, 2.05) is 0 Å². The monoisotopic (exact) mass is 245 g/mol. The first-order chi connectivity index (χ1) is 8.61. The molecule has 0 saturated heterocycles. The number of hydrogen-bond acceptors (Lipinski definition) is 3. The lowest BCUT2D eigenvalue weighted by molar-refractivity contribution is -0.387. The van der Waals surface area contributed by atoms with Gasteiger partial charge in [-0.15, -0.1) is 0 Å². The Morgan fingerprint density at radius 1 is 1.06 bits per heavy atom. The Balaban J connectivity index is 2.56. The fourth-order valence-corrected chi connectivity index (χ4v) is 1.63. The molecule has 0 spiro atoms. The Morgan fingerprint density at radius 2 is 1.72 bits per heavy atom. The van der Waals surface area contributed by atoms with Crippen molar-refractivity contribution >= 4 is 11.5 Å². The molecule has 0 heterocycles. The van der Waals surface area contributed by atoms with Crippen molar-refractivity contribution in [2.24, 2.45) is 0 Å². The van der Waals surface area contributed by atoms with E-state index in [-0.39, 0.29) is 11.1 Å². The number of nitro groups is 1. The van der Waals surface area contributed by atoms with Crippen molar-refractivity contribution < 1.29 is 14.1 Å². The number of carbonyl (C=O) groups excluding carboxylic acids is 1. The Labute approximate surface area is 102 Å². The van der Waals surface area contributed by atoms with Gasteiger partial charge >= 0.3 is 5.69 Å². The third-order valence-corrected chi connectivity index (χ3v) is 2.45. The highest BCUT2D eigenvalue weighted by atomic mass is 19.1. The molecule has 2 aromatic rings. The molecule has 0 aliphatic rings.